The van der Waals surface area contributed by atoms with Crippen LogP contribution in [-0.2, 0) is 17.1 Å². The first-order chi connectivity index (χ1) is 2.91. The number of rotatable bonds is 3. The fourth-order valence-corrected chi connectivity index (χ4v) is 0.279. The van der Waals surface area contributed by atoms with Gasteiger partial charge in [0.15, 0.2) is 0 Å². The fourth-order valence-electron chi connectivity index (χ4n) is 0.279. The van der Waals surface area contributed by atoms with Crippen molar-refractivity contribution < 1.29 is 29.5 Å². The van der Waals surface area contributed by atoms with Crippen molar-refractivity contribution in [3.8, 4) is 0 Å². The molecule has 0 rings (SSSR count). The number of nitrogens with two attached hydrogens (primary N) is 1. The van der Waals surface area contributed by atoms with Gasteiger partial charge < -0.3 is 23.5 Å². The van der Waals surface area contributed by atoms with Gasteiger partial charge in [-0.1, -0.05) is 0 Å². The van der Waals surface area contributed by atoms with Crippen LogP contribution in [0.4, 0.5) is 0 Å². The summed E-state index contributed by atoms with van der Waals surface area (Å²) in [4.78, 5) is 0. The molecule has 56 valence electrons. The second kappa shape index (κ2) is 15.6. The second-order valence-corrected chi connectivity index (χ2v) is 1.25. The van der Waals surface area contributed by atoms with E-state index < -0.39 is 0 Å². The molecule has 0 saturated carbocycles. The van der Waals surface area contributed by atoms with E-state index in [-0.39, 0.29) is 29.5 Å². The molecule has 3 N–H and O–H groups in total. The first kappa shape index (κ1) is 15.9. The Hall–Kier alpha value is 0.729. The largest absolute Gasteiger partial charge is 1.00 e. The Labute approximate surface area is 67.5 Å². The predicted molar refractivity (Wildman–Crippen MR) is 27.6 cm³/mol. The molecule has 2 nitrogen and oxygen atoms in total. The van der Waals surface area contributed by atoms with Crippen LogP contribution < -0.4 is 23.5 Å². The molecule has 0 fully saturated rings. The Morgan fingerprint density at radius 2 is 2.00 bits per heavy atom. The van der Waals surface area contributed by atoms with Crippen molar-refractivity contribution >= 4 is 0 Å². The Bertz CT molecular complexity index is 26.0. The molecule has 0 spiro atoms. The summed E-state index contributed by atoms with van der Waals surface area (Å²) in [6, 6.07) is 0. The minimum Gasteiger partial charge on any atom is -1.00 e. The second-order valence-electron chi connectivity index (χ2n) is 1.25. The van der Waals surface area contributed by atoms with Crippen LogP contribution >= 0.6 is 0 Å². The van der Waals surface area contributed by atoms with Gasteiger partial charge in [0.25, 0.3) is 0 Å². The van der Waals surface area contributed by atoms with Gasteiger partial charge in [-0.15, -0.1) is 0 Å². The van der Waals surface area contributed by atoms with Gasteiger partial charge in [0.2, 0.25) is 0 Å². The normalized spacial score (nSPS) is 6.75. The molecule has 0 atom stereocenters. The SMILES string of the molecule is CNCCCN.[Cl-].[Cu+]. The molecule has 0 aromatic heterocycles. The van der Waals surface area contributed by atoms with Crippen LogP contribution in [0.25, 0.3) is 0 Å². The molecule has 0 aromatic rings. The maximum absolute atomic E-state index is 5.17. The van der Waals surface area contributed by atoms with E-state index in [9.17, 15) is 0 Å². The van der Waals surface area contributed by atoms with Gasteiger partial charge >= 0.3 is 17.1 Å². The quantitative estimate of drug-likeness (QED) is 0.356. The summed E-state index contributed by atoms with van der Waals surface area (Å²) in [7, 11) is 1.93. The van der Waals surface area contributed by atoms with Gasteiger partial charge in [0.05, 0.1) is 0 Å². The molecule has 0 aliphatic rings. The fraction of sp³-hybridized carbons (Fsp3) is 1.00. The van der Waals surface area contributed by atoms with Crippen molar-refractivity contribution in [1.82, 2.24) is 5.32 Å². The maximum Gasteiger partial charge on any atom is 1.00 e. The third kappa shape index (κ3) is 15.9. The summed E-state index contributed by atoms with van der Waals surface area (Å²) in [6.07, 6.45) is 1.08. The molecular formula is C4H12ClCuN2. The number of halogens is 1. The zero-order chi connectivity index (χ0) is 4.83. The first-order valence-electron chi connectivity index (χ1n) is 2.26. The van der Waals surface area contributed by atoms with E-state index in [1.54, 1.807) is 0 Å². The van der Waals surface area contributed by atoms with Crippen molar-refractivity contribution in [2.45, 2.75) is 6.42 Å². The maximum atomic E-state index is 5.17. The van der Waals surface area contributed by atoms with E-state index in [1.807, 2.05) is 7.05 Å². The third-order valence-corrected chi connectivity index (χ3v) is 0.631. The van der Waals surface area contributed by atoms with Gasteiger partial charge in [-0.25, -0.2) is 0 Å². The molecule has 0 aliphatic heterocycles. The zero-order valence-electron chi connectivity index (χ0n) is 4.88. The Morgan fingerprint density at radius 3 is 2.12 bits per heavy atom. The van der Waals surface area contributed by atoms with Crippen molar-refractivity contribution in [3.05, 3.63) is 0 Å². The van der Waals surface area contributed by atoms with Gasteiger partial charge in [0.1, 0.15) is 0 Å². The minimum absolute atomic E-state index is 0. The van der Waals surface area contributed by atoms with Crippen molar-refractivity contribution in [1.29, 1.82) is 0 Å². The smallest absolute Gasteiger partial charge is 1.00 e. The topological polar surface area (TPSA) is 38.0 Å². The summed E-state index contributed by atoms with van der Waals surface area (Å²) in [5.41, 5.74) is 5.17. The monoisotopic (exact) mass is 186 g/mol. The van der Waals surface area contributed by atoms with Crippen LogP contribution in [0.1, 0.15) is 6.42 Å². The molecule has 0 heterocycles. The molecule has 4 heteroatoms. The molecule has 0 amide bonds. The van der Waals surface area contributed by atoms with Crippen molar-refractivity contribution in [3.63, 3.8) is 0 Å². The van der Waals surface area contributed by atoms with Crippen LogP contribution in [-0.4, -0.2) is 20.1 Å². The third-order valence-electron chi connectivity index (χ3n) is 0.631. The van der Waals surface area contributed by atoms with E-state index in [0.29, 0.717) is 0 Å². The molecule has 0 bridgehead atoms. The number of hydrogen-bond donors (Lipinski definition) is 2. The van der Waals surface area contributed by atoms with E-state index in [1.165, 1.54) is 0 Å². The average Bonchev–Trinajstić information content (AvgIpc) is 1.61. The van der Waals surface area contributed by atoms with Crippen LogP contribution in [0.15, 0.2) is 0 Å². The molecule has 0 aliphatic carbocycles. The summed E-state index contributed by atoms with van der Waals surface area (Å²) in [5.74, 6) is 0. The average molecular weight is 187 g/mol. The standard InChI is InChI=1S/C4H12N2.ClH.Cu/c1-6-4-2-3-5;;/h6H,2-5H2,1H3;1H;/q;;+1/p-1. The van der Waals surface area contributed by atoms with Crippen molar-refractivity contribution in [2.24, 2.45) is 5.73 Å². The molecule has 0 radical (unpaired) electrons. The molecule has 0 saturated heterocycles. The molecule has 0 aromatic carbocycles. The zero-order valence-corrected chi connectivity index (χ0v) is 6.58. The van der Waals surface area contributed by atoms with Gasteiger partial charge in [-0.2, -0.15) is 0 Å². The van der Waals surface area contributed by atoms with Crippen molar-refractivity contribution in [2.75, 3.05) is 20.1 Å². The Balaban J connectivity index is -0.000000125. The van der Waals surface area contributed by atoms with E-state index in [4.69, 9.17) is 5.73 Å². The Kier molecular flexibility index (Phi) is 31.1. The summed E-state index contributed by atoms with van der Waals surface area (Å²) < 4.78 is 0. The van der Waals surface area contributed by atoms with Crippen LogP contribution in [0.5, 0.6) is 0 Å². The first-order valence-corrected chi connectivity index (χ1v) is 2.26. The number of nitrogens with one attached hydrogen (secondary N) is 1. The van der Waals surface area contributed by atoms with E-state index >= 15 is 0 Å². The number of hydrogen-bond acceptors (Lipinski definition) is 2. The molecule has 8 heavy (non-hydrogen) atoms. The predicted octanol–water partition coefficient (Wildman–Crippen LogP) is -3.44. The molecular weight excluding hydrogens is 175 g/mol. The minimum atomic E-state index is 0. The van der Waals surface area contributed by atoms with Gasteiger partial charge in [0, 0.05) is 0 Å². The van der Waals surface area contributed by atoms with Gasteiger partial charge in [-0.05, 0) is 26.6 Å². The summed E-state index contributed by atoms with van der Waals surface area (Å²) in [6.45, 7) is 1.83. The van der Waals surface area contributed by atoms with Gasteiger partial charge in [-0.3, -0.25) is 0 Å². The summed E-state index contributed by atoms with van der Waals surface area (Å²) >= 11 is 0. The molecule has 0 unspecified atom stereocenters. The van der Waals surface area contributed by atoms with E-state index in [2.05, 4.69) is 5.32 Å². The Morgan fingerprint density at radius 1 is 1.50 bits per heavy atom. The van der Waals surface area contributed by atoms with E-state index in [0.717, 1.165) is 19.5 Å². The van der Waals surface area contributed by atoms with Crippen LogP contribution in [0.2, 0.25) is 0 Å². The summed E-state index contributed by atoms with van der Waals surface area (Å²) in [5, 5.41) is 2.99. The van der Waals surface area contributed by atoms with Crippen LogP contribution in [0, 0.1) is 0 Å². The van der Waals surface area contributed by atoms with Crippen LogP contribution in [0.3, 0.4) is 0 Å².